The van der Waals surface area contributed by atoms with Gasteiger partial charge in [-0.2, -0.15) is 0 Å². The van der Waals surface area contributed by atoms with Crippen molar-refractivity contribution in [2.24, 2.45) is 0 Å². The highest BCUT2D eigenvalue weighted by Gasteiger charge is 2.21. The highest BCUT2D eigenvalue weighted by atomic mass is 32.2. The van der Waals surface area contributed by atoms with Crippen LogP contribution < -0.4 is 10.5 Å². The fraction of sp³-hybridized carbons (Fsp3) is 0.250. The molecule has 0 radical (unpaired) electrons. The van der Waals surface area contributed by atoms with Crippen LogP contribution in [-0.4, -0.2) is 12.4 Å². The van der Waals surface area contributed by atoms with Crippen molar-refractivity contribution in [2.75, 3.05) is 18.1 Å². The summed E-state index contributed by atoms with van der Waals surface area (Å²) in [6, 6.07) is 12.7. The molecule has 1 aliphatic rings. The minimum Gasteiger partial charge on any atom is -0.493 e. The number of thioether (sulfide) groups is 1. The van der Waals surface area contributed by atoms with Crippen LogP contribution in [0, 0.1) is 5.82 Å². The lowest BCUT2D eigenvalue weighted by molar-refractivity contribution is 0.273. The van der Waals surface area contributed by atoms with E-state index in [0.29, 0.717) is 11.6 Å². The monoisotopic (exact) mass is 289 g/mol. The van der Waals surface area contributed by atoms with E-state index in [-0.39, 0.29) is 5.82 Å². The minimum atomic E-state index is -0.289. The molecule has 0 amide bonds. The summed E-state index contributed by atoms with van der Waals surface area (Å²) in [6.07, 6.45) is 1.01. The SMILES string of the molecule is Nc1cc(F)ccc1SCC1CCOc2ccccc21. The van der Waals surface area contributed by atoms with Crippen LogP contribution in [0.5, 0.6) is 5.75 Å². The van der Waals surface area contributed by atoms with Gasteiger partial charge in [0.15, 0.2) is 0 Å². The summed E-state index contributed by atoms with van der Waals surface area (Å²) in [7, 11) is 0. The van der Waals surface area contributed by atoms with E-state index in [0.717, 1.165) is 29.4 Å². The number of hydrogen-bond donors (Lipinski definition) is 1. The van der Waals surface area contributed by atoms with Crippen molar-refractivity contribution in [1.29, 1.82) is 0 Å². The second kappa shape index (κ2) is 5.75. The summed E-state index contributed by atoms with van der Waals surface area (Å²) in [4.78, 5) is 0.940. The molecule has 1 atom stereocenters. The minimum absolute atomic E-state index is 0.289. The van der Waals surface area contributed by atoms with Crippen molar-refractivity contribution in [3.05, 3.63) is 53.8 Å². The van der Waals surface area contributed by atoms with E-state index in [9.17, 15) is 4.39 Å². The Morgan fingerprint density at radius 2 is 2.10 bits per heavy atom. The van der Waals surface area contributed by atoms with Crippen LogP contribution in [0.1, 0.15) is 17.9 Å². The van der Waals surface area contributed by atoms with Crippen molar-refractivity contribution in [2.45, 2.75) is 17.2 Å². The molecule has 2 nitrogen and oxygen atoms in total. The van der Waals surface area contributed by atoms with Gasteiger partial charge in [0, 0.05) is 22.3 Å². The van der Waals surface area contributed by atoms with E-state index in [1.54, 1.807) is 17.8 Å². The zero-order valence-corrected chi connectivity index (χ0v) is 11.8. The Morgan fingerprint density at radius 3 is 2.95 bits per heavy atom. The maximum Gasteiger partial charge on any atom is 0.125 e. The lowest BCUT2D eigenvalue weighted by atomic mass is 9.95. The first-order chi connectivity index (χ1) is 9.74. The number of nitrogens with two attached hydrogens (primary N) is 1. The molecule has 0 saturated carbocycles. The predicted molar refractivity (Wildman–Crippen MR) is 80.8 cm³/mol. The Hall–Kier alpha value is -1.68. The van der Waals surface area contributed by atoms with Crippen LogP contribution >= 0.6 is 11.8 Å². The van der Waals surface area contributed by atoms with Gasteiger partial charge in [-0.25, -0.2) is 4.39 Å². The molecule has 0 aliphatic carbocycles. The van der Waals surface area contributed by atoms with Crippen LogP contribution in [-0.2, 0) is 0 Å². The van der Waals surface area contributed by atoms with Gasteiger partial charge in [-0.3, -0.25) is 0 Å². The summed E-state index contributed by atoms with van der Waals surface area (Å²) in [5, 5.41) is 0. The molecule has 0 bridgehead atoms. The fourth-order valence-corrected chi connectivity index (χ4v) is 3.55. The second-order valence-corrected chi connectivity index (χ2v) is 5.93. The summed E-state index contributed by atoms with van der Waals surface area (Å²) in [5.41, 5.74) is 7.61. The largest absolute Gasteiger partial charge is 0.493 e. The van der Waals surface area contributed by atoms with E-state index in [2.05, 4.69) is 6.07 Å². The van der Waals surface area contributed by atoms with Crippen molar-refractivity contribution >= 4 is 17.4 Å². The molecule has 2 aromatic rings. The van der Waals surface area contributed by atoms with Crippen molar-refractivity contribution in [1.82, 2.24) is 0 Å². The third-order valence-electron chi connectivity index (χ3n) is 3.49. The first-order valence-corrected chi connectivity index (χ1v) is 7.62. The van der Waals surface area contributed by atoms with Crippen molar-refractivity contribution < 1.29 is 9.13 Å². The Morgan fingerprint density at radius 1 is 1.25 bits per heavy atom. The lowest BCUT2D eigenvalue weighted by Gasteiger charge is -2.25. The molecule has 20 heavy (non-hydrogen) atoms. The van der Waals surface area contributed by atoms with E-state index in [1.807, 2.05) is 18.2 Å². The Kier molecular flexibility index (Phi) is 3.83. The molecule has 0 saturated heterocycles. The average molecular weight is 289 g/mol. The van der Waals surface area contributed by atoms with Crippen molar-refractivity contribution in [3.8, 4) is 5.75 Å². The Labute approximate surface area is 122 Å². The number of ether oxygens (including phenoxy) is 1. The molecule has 1 aliphatic heterocycles. The molecule has 0 fully saturated rings. The zero-order valence-electron chi connectivity index (χ0n) is 11.0. The molecular weight excluding hydrogens is 273 g/mol. The van der Waals surface area contributed by atoms with E-state index >= 15 is 0 Å². The van der Waals surface area contributed by atoms with Gasteiger partial charge in [0.2, 0.25) is 0 Å². The van der Waals surface area contributed by atoms with E-state index < -0.39 is 0 Å². The number of halogens is 1. The van der Waals surface area contributed by atoms with Crippen LogP contribution in [0.4, 0.5) is 10.1 Å². The maximum atomic E-state index is 13.0. The highest BCUT2D eigenvalue weighted by Crippen LogP contribution is 2.38. The first kappa shape index (κ1) is 13.3. The van der Waals surface area contributed by atoms with Gasteiger partial charge < -0.3 is 10.5 Å². The molecule has 1 unspecified atom stereocenters. The molecule has 0 aromatic heterocycles. The third-order valence-corrected chi connectivity index (χ3v) is 4.75. The summed E-state index contributed by atoms with van der Waals surface area (Å²) in [5.74, 6) is 2.07. The van der Waals surface area contributed by atoms with Gasteiger partial charge in [0.05, 0.1) is 6.61 Å². The van der Waals surface area contributed by atoms with Crippen LogP contribution in [0.2, 0.25) is 0 Å². The summed E-state index contributed by atoms with van der Waals surface area (Å²) in [6.45, 7) is 0.751. The summed E-state index contributed by atoms with van der Waals surface area (Å²) < 4.78 is 18.7. The van der Waals surface area contributed by atoms with Gasteiger partial charge in [-0.15, -0.1) is 11.8 Å². The molecule has 4 heteroatoms. The van der Waals surface area contributed by atoms with Gasteiger partial charge in [-0.05, 0) is 36.2 Å². The van der Waals surface area contributed by atoms with E-state index in [4.69, 9.17) is 10.5 Å². The number of benzene rings is 2. The van der Waals surface area contributed by atoms with Gasteiger partial charge in [0.1, 0.15) is 11.6 Å². The fourth-order valence-electron chi connectivity index (χ4n) is 2.43. The third kappa shape index (κ3) is 2.75. The Balaban J connectivity index is 1.73. The standard InChI is InChI=1S/C16H16FNOS/c17-12-5-6-16(14(18)9-12)20-10-11-7-8-19-15-4-2-1-3-13(11)15/h1-6,9,11H,7-8,10,18H2. The second-order valence-electron chi connectivity index (χ2n) is 4.87. The van der Waals surface area contributed by atoms with E-state index in [1.165, 1.54) is 17.7 Å². The number of nitrogen functional groups attached to an aromatic ring is 1. The van der Waals surface area contributed by atoms with Crippen molar-refractivity contribution in [3.63, 3.8) is 0 Å². The molecule has 2 aromatic carbocycles. The first-order valence-electron chi connectivity index (χ1n) is 6.63. The molecule has 104 valence electrons. The zero-order chi connectivity index (χ0) is 13.9. The molecule has 3 rings (SSSR count). The highest BCUT2D eigenvalue weighted by molar-refractivity contribution is 7.99. The predicted octanol–water partition coefficient (Wildman–Crippen LogP) is 4.07. The number of para-hydroxylation sites is 1. The van der Waals surface area contributed by atoms with Gasteiger partial charge in [0.25, 0.3) is 0 Å². The molecule has 0 spiro atoms. The summed E-state index contributed by atoms with van der Waals surface area (Å²) >= 11 is 1.68. The van der Waals surface area contributed by atoms with Crippen LogP contribution in [0.25, 0.3) is 0 Å². The number of anilines is 1. The normalized spacial score (nSPS) is 17.4. The van der Waals surface area contributed by atoms with Crippen LogP contribution in [0.15, 0.2) is 47.4 Å². The average Bonchev–Trinajstić information content (AvgIpc) is 2.46. The molecular formula is C16H16FNOS. The quantitative estimate of drug-likeness (QED) is 0.683. The van der Waals surface area contributed by atoms with Gasteiger partial charge in [-0.1, -0.05) is 18.2 Å². The molecule has 1 heterocycles. The lowest BCUT2D eigenvalue weighted by Crippen LogP contribution is -2.15. The van der Waals surface area contributed by atoms with Crippen LogP contribution in [0.3, 0.4) is 0 Å². The number of hydrogen-bond acceptors (Lipinski definition) is 3. The topological polar surface area (TPSA) is 35.2 Å². The smallest absolute Gasteiger partial charge is 0.125 e. The Bertz CT molecular complexity index is 617. The maximum absolute atomic E-state index is 13.0. The van der Waals surface area contributed by atoms with Gasteiger partial charge >= 0.3 is 0 Å². The molecule has 2 N–H and O–H groups in total. The number of rotatable bonds is 3. The number of fused-ring (bicyclic) bond motifs is 1.